The zero-order chi connectivity index (χ0) is 20.8. The second-order valence-electron chi connectivity index (χ2n) is 6.79. The Balaban J connectivity index is 1.76. The predicted molar refractivity (Wildman–Crippen MR) is 113 cm³/mol. The molecule has 154 valence electrons. The van der Waals surface area contributed by atoms with E-state index in [4.69, 9.17) is 9.47 Å². The lowest BCUT2D eigenvalue weighted by molar-refractivity contribution is -0.131. The number of hydrogen-bond donors (Lipinski definition) is 1. The van der Waals surface area contributed by atoms with E-state index in [9.17, 15) is 9.59 Å². The SMILES string of the molecule is CCC(=O)N1CCN(c2ccccc2NC(=O)c2cc(OC)cc(OC)c2)CC1. The van der Waals surface area contributed by atoms with Gasteiger partial charge in [0.15, 0.2) is 0 Å². The summed E-state index contributed by atoms with van der Waals surface area (Å²) >= 11 is 0. The molecule has 0 unspecified atom stereocenters. The minimum atomic E-state index is -0.241. The number of piperazine rings is 1. The van der Waals surface area contributed by atoms with Crippen molar-refractivity contribution in [3.8, 4) is 11.5 Å². The van der Waals surface area contributed by atoms with Crippen molar-refractivity contribution >= 4 is 23.2 Å². The maximum absolute atomic E-state index is 12.9. The molecular formula is C22H27N3O4. The van der Waals surface area contributed by atoms with Crippen molar-refractivity contribution in [2.75, 3.05) is 50.6 Å². The Morgan fingerprint density at radius 2 is 1.59 bits per heavy atom. The van der Waals surface area contributed by atoms with Crippen molar-refractivity contribution < 1.29 is 19.1 Å². The molecule has 3 rings (SSSR count). The number of carbonyl (C=O) groups is 2. The molecule has 1 aliphatic rings. The summed E-state index contributed by atoms with van der Waals surface area (Å²) in [5.74, 6) is 1.05. The van der Waals surface area contributed by atoms with Gasteiger partial charge < -0.3 is 24.6 Å². The molecule has 0 radical (unpaired) electrons. The van der Waals surface area contributed by atoms with E-state index in [1.807, 2.05) is 36.1 Å². The molecule has 2 aromatic rings. The number of amides is 2. The van der Waals surface area contributed by atoms with Crippen LogP contribution in [0.1, 0.15) is 23.7 Å². The van der Waals surface area contributed by atoms with Gasteiger partial charge in [0.1, 0.15) is 11.5 Å². The summed E-state index contributed by atoms with van der Waals surface area (Å²) in [5, 5.41) is 3.00. The lowest BCUT2D eigenvalue weighted by Gasteiger charge is -2.36. The highest BCUT2D eigenvalue weighted by atomic mass is 16.5. The van der Waals surface area contributed by atoms with Gasteiger partial charge in [-0.3, -0.25) is 9.59 Å². The minimum absolute atomic E-state index is 0.179. The number of hydrogen-bond acceptors (Lipinski definition) is 5. The Morgan fingerprint density at radius 3 is 2.17 bits per heavy atom. The van der Waals surface area contributed by atoms with Crippen molar-refractivity contribution in [2.45, 2.75) is 13.3 Å². The first-order valence-electron chi connectivity index (χ1n) is 9.72. The van der Waals surface area contributed by atoms with Crippen LogP contribution in [0.2, 0.25) is 0 Å². The number of benzene rings is 2. The summed E-state index contributed by atoms with van der Waals surface area (Å²) in [6.45, 7) is 4.70. The van der Waals surface area contributed by atoms with Gasteiger partial charge in [-0.05, 0) is 24.3 Å². The molecule has 29 heavy (non-hydrogen) atoms. The van der Waals surface area contributed by atoms with E-state index in [2.05, 4.69) is 10.2 Å². The highest BCUT2D eigenvalue weighted by Gasteiger charge is 2.22. The molecule has 7 heteroatoms. The van der Waals surface area contributed by atoms with Crippen LogP contribution >= 0.6 is 0 Å². The van der Waals surface area contributed by atoms with Gasteiger partial charge >= 0.3 is 0 Å². The summed E-state index contributed by atoms with van der Waals surface area (Å²) in [6.07, 6.45) is 0.524. The zero-order valence-corrected chi connectivity index (χ0v) is 17.1. The standard InChI is InChI=1S/C22H27N3O4/c1-4-21(26)25-11-9-24(10-12-25)20-8-6-5-7-19(20)23-22(27)16-13-17(28-2)15-18(14-16)29-3/h5-8,13-15H,4,9-12H2,1-3H3,(H,23,27). The highest BCUT2D eigenvalue weighted by molar-refractivity contribution is 6.06. The third-order valence-electron chi connectivity index (χ3n) is 5.04. The average molecular weight is 397 g/mol. The molecule has 1 N–H and O–H groups in total. The van der Waals surface area contributed by atoms with Gasteiger partial charge in [-0.15, -0.1) is 0 Å². The molecule has 1 fully saturated rings. The smallest absolute Gasteiger partial charge is 0.255 e. The van der Waals surface area contributed by atoms with Crippen molar-refractivity contribution in [1.82, 2.24) is 4.90 Å². The molecular weight excluding hydrogens is 370 g/mol. The van der Waals surface area contributed by atoms with Crippen LogP contribution in [0.5, 0.6) is 11.5 Å². The molecule has 1 heterocycles. The van der Waals surface area contributed by atoms with Crippen molar-refractivity contribution in [2.24, 2.45) is 0 Å². The van der Waals surface area contributed by atoms with Crippen molar-refractivity contribution in [3.05, 3.63) is 48.0 Å². The maximum Gasteiger partial charge on any atom is 0.255 e. The molecule has 0 atom stereocenters. The van der Waals surface area contributed by atoms with E-state index in [-0.39, 0.29) is 11.8 Å². The fraction of sp³-hybridized carbons (Fsp3) is 0.364. The van der Waals surface area contributed by atoms with E-state index in [1.165, 1.54) is 0 Å². The Morgan fingerprint density at radius 1 is 0.966 bits per heavy atom. The van der Waals surface area contributed by atoms with Crippen molar-refractivity contribution in [3.63, 3.8) is 0 Å². The molecule has 0 aliphatic carbocycles. The quantitative estimate of drug-likeness (QED) is 0.811. The number of rotatable bonds is 6. The van der Waals surface area contributed by atoms with Gasteiger partial charge in [0, 0.05) is 44.2 Å². The van der Waals surface area contributed by atoms with Crippen LogP contribution in [0.4, 0.5) is 11.4 Å². The summed E-state index contributed by atoms with van der Waals surface area (Å²) in [4.78, 5) is 28.9. The second kappa shape index (κ2) is 9.32. The lowest BCUT2D eigenvalue weighted by atomic mass is 10.1. The molecule has 0 aromatic heterocycles. The molecule has 2 aromatic carbocycles. The van der Waals surface area contributed by atoms with Gasteiger partial charge in [-0.25, -0.2) is 0 Å². The molecule has 0 bridgehead atoms. The van der Waals surface area contributed by atoms with Crippen LogP contribution < -0.4 is 19.7 Å². The minimum Gasteiger partial charge on any atom is -0.497 e. The van der Waals surface area contributed by atoms with Crippen LogP contribution in [0.25, 0.3) is 0 Å². The fourth-order valence-electron chi connectivity index (χ4n) is 3.41. The number of methoxy groups -OCH3 is 2. The number of nitrogens with zero attached hydrogens (tertiary/aromatic N) is 2. The van der Waals surface area contributed by atoms with E-state index in [0.717, 1.165) is 24.5 Å². The molecule has 1 saturated heterocycles. The number of anilines is 2. The normalized spacial score (nSPS) is 13.8. The lowest BCUT2D eigenvalue weighted by Crippen LogP contribution is -2.48. The number of nitrogens with one attached hydrogen (secondary N) is 1. The third-order valence-corrected chi connectivity index (χ3v) is 5.04. The maximum atomic E-state index is 12.9. The highest BCUT2D eigenvalue weighted by Crippen LogP contribution is 2.28. The van der Waals surface area contributed by atoms with Crippen LogP contribution in [0.3, 0.4) is 0 Å². The first-order valence-corrected chi connectivity index (χ1v) is 9.72. The predicted octanol–water partition coefficient (Wildman–Crippen LogP) is 3.01. The second-order valence-corrected chi connectivity index (χ2v) is 6.79. The number of para-hydroxylation sites is 2. The monoisotopic (exact) mass is 397 g/mol. The third kappa shape index (κ3) is 4.80. The Kier molecular flexibility index (Phi) is 6.59. The molecule has 2 amide bonds. The summed E-state index contributed by atoms with van der Waals surface area (Å²) in [5.41, 5.74) is 2.13. The van der Waals surface area contributed by atoms with E-state index >= 15 is 0 Å². The molecule has 0 saturated carbocycles. The number of carbonyl (C=O) groups excluding carboxylic acids is 2. The van der Waals surface area contributed by atoms with Crippen LogP contribution in [0, 0.1) is 0 Å². The van der Waals surface area contributed by atoms with Gasteiger partial charge in [-0.1, -0.05) is 19.1 Å². The van der Waals surface area contributed by atoms with Crippen LogP contribution in [-0.2, 0) is 4.79 Å². The molecule has 1 aliphatic heterocycles. The van der Waals surface area contributed by atoms with Gasteiger partial charge in [-0.2, -0.15) is 0 Å². The molecule has 7 nitrogen and oxygen atoms in total. The van der Waals surface area contributed by atoms with Crippen LogP contribution in [-0.4, -0.2) is 57.1 Å². The zero-order valence-electron chi connectivity index (χ0n) is 17.1. The topological polar surface area (TPSA) is 71.1 Å². The number of ether oxygens (including phenoxy) is 2. The fourth-order valence-corrected chi connectivity index (χ4v) is 3.41. The van der Waals surface area contributed by atoms with Gasteiger partial charge in [0.2, 0.25) is 5.91 Å². The van der Waals surface area contributed by atoms with E-state index in [1.54, 1.807) is 32.4 Å². The van der Waals surface area contributed by atoms with Gasteiger partial charge in [0.25, 0.3) is 5.91 Å². The Hall–Kier alpha value is -3.22. The Labute approximate surface area is 171 Å². The van der Waals surface area contributed by atoms with Crippen LogP contribution in [0.15, 0.2) is 42.5 Å². The Bertz CT molecular complexity index is 854. The average Bonchev–Trinajstić information content (AvgIpc) is 2.78. The summed E-state index contributed by atoms with van der Waals surface area (Å²) in [6, 6.07) is 12.8. The summed E-state index contributed by atoms with van der Waals surface area (Å²) < 4.78 is 10.5. The van der Waals surface area contributed by atoms with Crippen molar-refractivity contribution in [1.29, 1.82) is 0 Å². The van der Waals surface area contributed by atoms with Gasteiger partial charge in [0.05, 0.1) is 25.6 Å². The summed E-state index contributed by atoms with van der Waals surface area (Å²) in [7, 11) is 3.10. The van der Waals surface area contributed by atoms with E-state index in [0.29, 0.717) is 36.6 Å². The first-order chi connectivity index (χ1) is 14.0. The molecule has 0 spiro atoms. The first kappa shape index (κ1) is 20.5. The van der Waals surface area contributed by atoms with E-state index < -0.39 is 0 Å². The largest absolute Gasteiger partial charge is 0.497 e.